The van der Waals surface area contributed by atoms with Crippen LogP contribution in [0.3, 0.4) is 0 Å². The molecule has 0 bridgehead atoms. The van der Waals surface area contributed by atoms with Crippen molar-refractivity contribution >= 4 is 23.4 Å². The average Bonchev–Trinajstić information content (AvgIpc) is 2.59. The van der Waals surface area contributed by atoms with E-state index in [1.807, 2.05) is 22.6 Å². The van der Waals surface area contributed by atoms with Crippen molar-refractivity contribution in [2.45, 2.75) is 19.4 Å². The summed E-state index contributed by atoms with van der Waals surface area (Å²) in [4.78, 5) is 0. The summed E-state index contributed by atoms with van der Waals surface area (Å²) in [5.74, 6) is 1.77. The highest BCUT2D eigenvalue weighted by atomic mass is 35.5. The molecule has 0 spiro atoms. The number of aryl methyl sites for hydroxylation is 2. The lowest BCUT2D eigenvalue weighted by molar-refractivity contribution is 0.632. The van der Waals surface area contributed by atoms with E-state index in [4.69, 9.17) is 11.6 Å². The van der Waals surface area contributed by atoms with E-state index in [9.17, 15) is 0 Å². The Morgan fingerprint density at radius 3 is 3.15 bits per heavy atom. The summed E-state index contributed by atoms with van der Waals surface area (Å²) in [5, 5.41) is 8.07. The molecule has 0 N–H and O–H groups in total. The van der Waals surface area contributed by atoms with Gasteiger partial charge in [-0.2, -0.15) is 11.8 Å². The van der Waals surface area contributed by atoms with Crippen LogP contribution in [0.2, 0.25) is 0 Å². The quantitative estimate of drug-likeness (QED) is 0.684. The summed E-state index contributed by atoms with van der Waals surface area (Å²) in [5.41, 5.74) is 1.04. The first-order valence-electron chi connectivity index (χ1n) is 4.30. The Kier molecular flexibility index (Phi) is 5.23. The van der Waals surface area contributed by atoms with Crippen LogP contribution in [0.1, 0.15) is 12.1 Å². The number of nitrogens with zero attached hydrogens (tertiary/aromatic N) is 3. The minimum Gasteiger partial charge on any atom is -0.251 e. The van der Waals surface area contributed by atoms with E-state index in [-0.39, 0.29) is 0 Å². The first-order valence-corrected chi connectivity index (χ1v) is 6.23. The minimum atomic E-state index is 0.692. The standard InChI is InChI=1S/C8H14ClN3S/c1-13-6-5-12-7-8(10-11-12)3-2-4-9/h7H,2-6H2,1H3. The highest BCUT2D eigenvalue weighted by molar-refractivity contribution is 7.98. The SMILES string of the molecule is CSCCn1cc(CCCCl)nn1. The van der Waals surface area contributed by atoms with Gasteiger partial charge >= 0.3 is 0 Å². The third kappa shape index (κ3) is 4.00. The lowest BCUT2D eigenvalue weighted by Gasteiger charge is -1.95. The van der Waals surface area contributed by atoms with Crippen LogP contribution in [0.15, 0.2) is 6.20 Å². The van der Waals surface area contributed by atoms with Gasteiger partial charge in [-0.15, -0.1) is 16.7 Å². The molecule has 0 radical (unpaired) electrons. The fraction of sp³-hybridized carbons (Fsp3) is 0.750. The fourth-order valence-corrected chi connectivity index (χ4v) is 1.50. The summed E-state index contributed by atoms with van der Waals surface area (Å²) in [6.07, 6.45) is 6.00. The Morgan fingerprint density at radius 1 is 1.62 bits per heavy atom. The van der Waals surface area contributed by atoms with Gasteiger partial charge in [0.25, 0.3) is 0 Å². The zero-order valence-corrected chi connectivity index (χ0v) is 9.31. The molecule has 0 saturated heterocycles. The van der Waals surface area contributed by atoms with E-state index in [0.29, 0.717) is 5.88 Å². The van der Waals surface area contributed by atoms with Crippen LogP contribution < -0.4 is 0 Å². The zero-order valence-electron chi connectivity index (χ0n) is 7.74. The Labute approximate surface area is 87.8 Å². The molecule has 1 heterocycles. The lowest BCUT2D eigenvalue weighted by atomic mass is 10.3. The first-order chi connectivity index (χ1) is 6.36. The number of hydrogen-bond acceptors (Lipinski definition) is 3. The summed E-state index contributed by atoms with van der Waals surface area (Å²) in [7, 11) is 0. The Balaban J connectivity index is 2.34. The molecule has 1 aromatic heterocycles. The van der Waals surface area contributed by atoms with Crippen LogP contribution in [-0.4, -0.2) is 32.9 Å². The van der Waals surface area contributed by atoms with Crippen molar-refractivity contribution in [3.05, 3.63) is 11.9 Å². The molecule has 1 rings (SSSR count). The van der Waals surface area contributed by atoms with E-state index >= 15 is 0 Å². The number of aromatic nitrogens is 3. The minimum absolute atomic E-state index is 0.692. The second-order valence-corrected chi connectivity index (χ2v) is 4.12. The van der Waals surface area contributed by atoms with Crippen molar-refractivity contribution < 1.29 is 0 Å². The second-order valence-electron chi connectivity index (χ2n) is 2.76. The molecule has 0 aromatic carbocycles. The van der Waals surface area contributed by atoms with Crippen molar-refractivity contribution in [2.24, 2.45) is 0 Å². The predicted octanol–water partition coefficient (Wildman–Crippen LogP) is 1.81. The summed E-state index contributed by atoms with van der Waals surface area (Å²) >= 11 is 7.40. The number of halogens is 1. The van der Waals surface area contributed by atoms with Gasteiger partial charge in [0.05, 0.1) is 12.2 Å². The highest BCUT2D eigenvalue weighted by Gasteiger charge is 1.99. The molecule has 3 nitrogen and oxygen atoms in total. The Morgan fingerprint density at radius 2 is 2.46 bits per heavy atom. The molecule has 5 heteroatoms. The van der Waals surface area contributed by atoms with E-state index < -0.39 is 0 Å². The van der Waals surface area contributed by atoms with Crippen LogP contribution >= 0.6 is 23.4 Å². The van der Waals surface area contributed by atoms with Gasteiger partial charge in [-0.3, -0.25) is 4.68 Å². The van der Waals surface area contributed by atoms with Gasteiger partial charge in [0.15, 0.2) is 0 Å². The molecule has 13 heavy (non-hydrogen) atoms. The maximum absolute atomic E-state index is 5.58. The summed E-state index contributed by atoms with van der Waals surface area (Å²) in [6, 6.07) is 0. The Bertz CT molecular complexity index is 217. The number of hydrogen-bond donors (Lipinski definition) is 0. The second kappa shape index (κ2) is 6.27. The van der Waals surface area contributed by atoms with E-state index in [2.05, 4.69) is 16.6 Å². The maximum Gasteiger partial charge on any atom is 0.0827 e. The monoisotopic (exact) mass is 219 g/mol. The number of thioether (sulfide) groups is 1. The van der Waals surface area contributed by atoms with Gasteiger partial charge in [-0.05, 0) is 19.1 Å². The van der Waals surface area contributed by atoms with Gasteiger partial charge in [-0.25, -0.2) is 0 Å². The normalized spacial score (nSPS) is 10.6. The number of alkyl halides is 1. The van der Waals surface area contributed by atoms with Crippen LogP contribution in [0.25, 0.3) is 0 Å². The molecule has 0 fully saturated rings. The van der Waals surface area contributed by atoms with Crippen LogP contribution in [0.5, 0.6) is 0 Å². The van der Waals surface area contributed by atoms with E-state index in [0.717, 1.165) is 30.8 Å². The molecule has 0 amide bonds. The molecule has 0 atom stereocenters. The van der Waals surface area contributed by atoms with Crippen molar-refractivity contribution in [2.75, 3.05) is 17.9 Å². The van der Waals surface area contributed by atoms with Crippen LogP contribution in [0, 0.1) is 0 Å². The molecule has 0 aliphatic rings. The third-order valence-electron chi connectivity index (χ3n) is 1.68. The van der Waals surface area contributed by atoms with Gasteiger partial charge < -0.3 is 0 Å². The third-order valence-corrected chi connectivity index (χ3v) is 2.54. The Hall–Kier alpha value is -0.220. The molecular weight excluding hydrogens is 206 g/mol. The molecule has 0 aliphatic carbocycles. The zero-order chi connectivity index (χ0) is 9.52. The van der Waals surface area contributed by atoms with E-state index in [1.54, 1.807) is 0 Å². The number of rotatable bonds is 6. The fourth-order valence-electron chi connectivity index (χ4n) is 0.995. The highest BCUT2D eigenvalue weighted by Crippen LogP contribution is 2.00. The lowest BCUT2D eigenvalue weighted by Crippen LogP contribution is -2.00. The largest absolute Gasteiger partial charge is 0.251 e. The molecule has 0 aliphatic heterocycles. The van der Waals surface area contributed by atoms with Gasteiger partial charge in [-0.1, -0.05) is 5.21 Å². The van der Waals surface area contributed by atoms with Gasteiger partial charge in [0, 0.05) is 17.8 Å². The molecule has 0 saturated carbocycles. The van der Waals surface area contributed by atoms with Gasteiger partial charge in [0.2, 0.25) is 0 Å². The summed E-state index contributed by atoms with van der Waals surface area (Å²) in [6.45, 7) is 0.940. The van der Waals surface area contributed by atoms with Crippen LogP contribution in [0.4, 0.5) is 0 Å². The molecule has 1 aromatic rings. The van der Waals surface area contributed by atoms with Crippen LogP contribution in [-0.2, 0) is 13.0 Å². The molecule has 74 valence electrons. The van der Waals surface area contributed by atoms with Crippen molar-refractivity contribution in [1.82, 2.24) is 15.0 Å². The molecule has 0 unspecified atom stereocenters. The maximum atomic E-state index is 5.58. The van der Waals surface area contributed by atoms with Gasteiger partial charge in [0.1, 0.15) is 0 Å². The predicted molar refractivity (Wildman–Crippen MR) is 57.4 cm³/mol. The summed E-state index contributed by atoms with van der Waals surface area (Å²) < 4.78 is 1.89. The van der Waals surface area contributed by atoms with E-state index in [1.165, 1.54) is 0 Å². The molecular formula is C8H14ClN3S. The smallest absolute Gasteiger partial charge is 0.0827 e. The topological polar surface area (TPSA) is 30.7 Å². The van der Waals surface area contributed by atoms with Crippen molar-refractivity contribution in [1.29, 1.82) is 0 Å². The first kappa shape index (κ1) is 10.9. The van der Waals surface area contributed by atoms with Crippen molar-refractivity contribution in [3.63, 3.8) is 0 Å². The average molecular weight is 220 g/mol. The van der Waals surface area contributed by atoms with Crippen molar-refractivity contribution in [3.8, 4) is 0 Å².